The van der Waals surface area contributed by atoms with Crippen molar-refractivity contribution in [2.75, 3.05) is 6.54 Å². The van der Waals surface area contributed by atoms with E-state index in [2.05, 4.69) is 0 Å². The van der Waals surface area contributed by atoms with Crippen LogP contribution in [-0.4, -0.2) is 45.7 Å². The average molecular weight is 281 g/mol. The van der Waals surface area contributed by atoms with Gasteiger partial charge in [-0.05, 0) is 30.0 Å². The van der Waals surface area contributed by atoms with Gasteiger partial charge in [0, 0.05) is 23.9 Å². The van der Waals surface area contributed by atoms with E-state index in [1.165, 1.54) is 22.3 Å². The Bertz CT molecular complexity index is 522. The van der Waals surface area contributed by atoms with Crippen LogP contribution in [0.3, 0.4) is 0 Å². The Hall–Kier alpha value is -1.66. The quantitative estimate of drug-likeness (QED) is 0.814. The van der Waals surface area contributed by atoms with Gasteiger partial charge in [0.2, 0.25) is 5.91 Å². The summed E-state index contributed by atoms with van der Waals surface area (Å²) < 4.78 is 0. The van der Waals surface area contributed by atoms with Crippen molar-refractivity contribution in [2.24, 2.45) is 0 Å². The van der Waals surface area contributed by atoms with Crippen LogP contribution in [0.25, 0.3) is 6.08 Å². The van der Waals surface area contributed by atoms with E-state index in [1.807, 2.05) is 18.4 Å². The molecule has 1 aromatic heterocycles. The molecular weight excluding hydrogens is 266 g/mol. The topological polar surface area (TPSA) is 77.8 Å². The first-order valence-corrected chi connectivity index (χ1v) is 6.80. The van der Waals surface area contributed by atoms with Crippen LogP contribution < -0.4 is 0 Å². The zero-order valence-corrected chi connectivity index (χ0v) is 11.3. The van der Waals surface area contributed by atoms with E-state index < -0.39 is 18.1 Å². The van der Waals surface area contributed by atoms with Crippen LogP contribution in [0.1, 0.15) is 16.9 Å². The number of likely N-dealkylation sites (tertiary alicyclic amines) is 1. The molecule has 6 heteroatoms. The number of hydrogen-bond donors (Lipinski definition) is 2. The molecule has 2 N–H and O–H groups in total. The molecule has 2 heterocycles. The van der Waals surface area contributed by atoms with Gasteiger partial charge in [0.15, 0.2) is 0 Å². The lowest BCUT2D eigenvalue weighted by Gasteiger charge is -2.19. The van der Waals surface area contributed by atoms with Crippen LogP contribution in [0.2, 0.25) is 0 Å². The van der Waals surface area contributed by atoms with Gasteiger partial charge in [-0.3, -0.25) is 4.79 Å². The van der Waals surface area contributed by atoms with Crippen LogP contribution in [0.4, 0.5) is 0 Å². The number of β-amino-alcohol motifs (C(OH)–C–C–N with tert-alkyl or cyclic N) is 1. The van der Waals surface area contributed by atoms with Gasteiger partial charge in [-0.1, -0.05) is 0 Å². The Labute approximate surface area is 114 Å². The molecule has 0 bridgehead atoms. The molecule has 2 rings (SSSR count). The highest BCUT2D eigenvalue weighted by molar-refractivity contribution is 7.11. The predicted octanol–water partition coefficient (Wildman–Crippen LogP) is 1.12. The lowest BCUT2D eigenvalue weighted by Crippen LogP contribution is -2.39. The summed E-state index contributed by atoms with van der Waals surface area (Å²) in [5.74, 6) is -1.46. The van der Waals surface area contributed by atoms with Crippen molar-refractivity contribution in [3.05, 3.63) is 28.0 Å². The second kappa shape index (κ2) is 5.54. The van der Waals surface area contributed by atoms with Crippen LogP contribution in [0.5, 0.6) is 0 Å². The molecular formula is C13H15NO4S. The van der Waals surface area contributed by atoms with Crippen LogP contribution in [-0.2, 0) is 9.59 Å². The van der Waals surface area contributed by atoms with Crippen LogP contribution in [0.15, 0.2) is 17.5 Å². The van der Waals surface area contributed by atoms with E-state index in [9.17, 15) is 14.7 Å². The van der Waals surface area contributed by atoms with Gasteiger partial charge in [-0.15, -0.1) is 11.3 Å². The number of aliphatic hydroxyl groups is 1. The van der Waals surface area contributed by atoms with Crippen molar-refractivity contribution in [1.29, 1.82) is 0 Å². The molecule has 0 radical (unpaired) electrons. The van der Waals surface area contributed by atoms with E-state index in [4.69, 9.17) is 5.11 Å². The zero-order chi connectivity index (χ0) is 14.0. The summed E-state index contributed by atoms with van der Waals surface area (Å²) in [5, 5.41) is 20.4. The first-order valence-electron chi connectivity index (χ1n) is 5.92. The van der Waals surface area contributed by atoms with Crippen molar-refractivity contribution in [1.82, 2.24) is 4.90 Å². The number of carboxylic acids is 1. The van der Waals surface area contributed by atoms with E-state index in [1.54, 1.807) is 6.08 Å². The van der Waals surface area contributed by atoms with Crippen molar-refractivity contribution in [2.45, 2.75) is 25.5 Å². The van der Waals surface area contributed by atoms with Gasteiger partial charge >= 0.3 is 5.97 Å². The molecule has 0 aliphatic carbocycles. The molecule has 5 nitrogen and oxygen atoms in total. The normalized spacial score (nSPS) is 23.2. The van der Waals surface area contributed by atoms with Crippen molar-refractivity contribution in [3.8, 4) is 0 Å². The second-order valence-corrected chi connectivity index (χ2v) is 5.48. The van der Waals surface area contributed by atoms with Gasteiger partial charge in [-0.2, -0.15) is 0 Å². The maximum atomic E-state index is 12.0. The third-order valence-corrected chi connectivity index (χ3v) is 4.11. The molecule has 1 aromatic rings. The number of carbonyl (C=O) groups is 2. The number of aliphatic carboxylic acids is 1. The standard InChI is InChI=1S/C13H15NO4S/c1-8-4-5-19-11(8)2-3-12(16)14-7-9(15)6-10(14)13(17)18/h2-5,9-10,15H,6-7H2,1H3,(H,17,18)/b3-2+. The smallest absolute Gasteiger partial charge is 0.326 e. The maximum absolute atomic E-state index is 12.0. The summed E-state index contributed by atoms with van der Waals surface area (Å²) in [7, 11) is 0. The van der Waals surface area contributed by atoms with Crippen molar-refractivity contribution in [3.63, 3.8) is 0 Å². The fraction of sp³-hybridized carbons (Fsp3) is 0.385. The summed E-state index contributed by atoms with van der Waals surface area (Å²) in [5.41, 5.74) is 1.07. The summed E-state index contributed by atoms with van der Waals surface area (Å²) in [6.07, 6.45) is 2.38. The average Bonchev–Trinajstić information content (AvgIpc) is 2.92. The number of carbonyl (C=O) groups excluding carboxylic acids is 1. The van der Waals surface area contributed by atoms with E-state index in [-0.39, 0.29) is 18.9 Å². The minimum absolute atomic E-state index is 0.0730. The largest absolute Gasteiger partial charge is 0.480 e. The fourth-order valence-electron chi connectivity index (χ4n) is 2.09. The van der Waals surface area contributed by atoms with Gasteiger partial charge in [-0.25, -0.2) is 4.79 Å². The molecule has 0 aromatic carbocycles. The SMILES string of the molecule is Cc1ccsc1/C=C/C(=O)N1CC(O)CC1C(=O)O. The molecule has 0 saturated carbocycles. The highest BCUT2D eigenvalue weighted by Crippen LogP contribution is 2.20. The monoisotopic (exact) mass is 281 g/mol. The number of nitrogens with zero attached hydrogens (tertiary/aromatic N) is 1. The molecule has 1 aliphatic rings. The Kier molecular flexibility index (Phi) is 4.01. The summed E-state index contributed by atoms with van der Waals surface area (Å²) in [6.45, 7) is 2.02. The molecule has 2 atom stereocenters. The summed E-state index contributed by atoms with van der Waals surface area (Å²) in [6, 6.07) is 1.02. The number of aryl methyl sites for hydroxylation is 1. The number of hydrogen-bond acceptors (Lipinski definition) is 4. The Balaban J connectivity index is 2.09. The molecule has 1 fully saturated rings. The van der Waals surface area contributed by atoms with E-state index in [0.29, 0.717) is 0 Å². The van der Waals surface area contributed by atoms with Crippen LogP contribution >= 0.6 is 11.3 Å². The first-order chi connectivity index (χ1) is 8.99. The zero-order valence-electron chi connectivity index (χ0n) is 10.4. The summed E-state index contributed by atoms with van der Waals surface area (Å²) in [4.78, 5) is 25.2. The minimum Gasteiger partial charge on any atom is -0.480 e. The number of amides is 1. The van der Waals surface area contributed by atoms with Gasteiger partial charge in [0.05, 0.1) is 6.10 Å². The highest BCUT2D eigenvalue weighted by Gasteiger charge is 2.37. The van der Waals surface area contributed by atoms with Gasteiger partial charge in [0.25, 0.3) is 0 Å². The molecule has 0 spiro atoms. The number of rotatable bonds is 3. The number of thiophene rings is 1. The van der Waals surface area contributed by atoms with Crippen LogP contribution in [0, 0.1) is 6.92 Å². The third-order valence-electron chi connectivity index (χ3n) is 3.13. The Morgan fingerprint density at radius 2 is 2.26 bits per heavy atom. The number of carboxylic acid groups (broad SMARTS) is 1. The summed E-state index contributed by atoms with van der Waals surface area (Å²) >= 11 is 1.52. The van der Waals surface area contributed by atoms with Crippen molar-refractivity contribution >= 4 is 29.3 Å². The molecule has 1 amide bonds. The van der Waals surface area contributed by atoms with Crippen molar-refractivity contribution < 1.29 is 19.8 Å². The lowest BCUT2D eigenvalue weighted by atomic mass is 10.2. The molecule has 1 aliphatic heterocycles. The predicted molar refractivity (Wildman–Crippen MR) is 71.9 cm³/mol. The molecule has 1 saturated heterocycles. The lowest BCUT2D eigenvalue weighted by molar-refractivity contribution is -0.146. The Morgan fingerprint density at radius 1 is 1.53 bits per heavy atom. The number of aliphatic hydroxyl groups excluding tert-OH is 1. The molecule has 102 valence electrons. The fourth-order valence-corrected chi connectivity index (χ4v) is 2.91. The van der Waals surface area contributed by atoms with E-state index in [0.717, 1.165) is 10.4 Å². The first kappa shape index (κ1) is 13.8. The molecule has 2 unspecified atom stereocenters. The Morgan fingerprint density at radius 3 is 2.84 bits per heavy atom. The van der Waals surface area contributed by atoms with Gasteiger partial charge < -0.3 is 15.1 Å². The molecule has 19 heavy (non-hydrogen) atoms. The highest BCUT2D eigenvalue weighted by atomic mass is 32.1. The maximum Gasteiger partial charge on any atom is 0.326 e. The minimum atomic E-state index is -1.08. The van der Waals surface area contributed by atoms with Gasteiger partial charge in [0.1, 0.15) is 6.04 Å². The van der Waals surface area contributed by atoms with E-state index >= 15 is 0 Å². The third kappa shape index (κ3) is 3.02. The second-order valence-electron chi connectivity index (χ2n) is 4.54.